The fourth-order valence-corrected chi connectivity index (χ4v) is 5.72. The van der Waals surface area contributed by atoms with Crippen LogP contribution in [0.2, 0.25) is 0 Å². The number of nitrogen functional groups attached to an aromatic ring is 1. The van der Waals surface area contributed by atoms with Crippen LogP contribution < -0.4 is 16.4 Å². The third kappa shape index (κ3) is 3.86. The predicted molar refractivity (Wildman–Crippen MR) is 125 cm³/mol. The number of halogens is 3. The van der Waals surface area contributed by atoms with E-state index >= 15 is 0 Å². The predicted octanol–water partition coefficient (Wildman–Crippen LogP) is 1.56. The molecule has 1 amide bonds. The van der Waals surface area contributed by atoms with Crippen molar-refractivity contribution in [1.82, 2.24) is 34.6 Å². The van der Waals surface area contributed by atoms with Crippen LogP contribution in [0, 0.1) is 5.41 Å². The van der Waals surface area contributed by atoms with E-state index in [-0.39, 0.29) is 48.4 Å². The minimum atomic E-state index is -4.61. The average Bonchev–Trinajstić information content (AvgIpc) is 3.43. The zero-order valence-electron chi connectivity index (χ0n) is 19.8. The number of hydrogen-bond donors (Lipinski definition) is 2. The molecule has 3 aromatic rings. The number of piperidine rings is 1. The lowest BCUT2D eigenvalue weighted by atomic mass is 9.73. The standard InChI is InChI=1S/C23H25F3N10O/c24-23(25,26)21-33-32-16-12-35(8-9-36(16)21)20(37)17-19(28)31-15(11-30-17)34-6-3-22(4-7-34)10-14-13(18(22)27)2-1-5-29-14/h1-2,5,11,18H,3-4,6-10,12,27H2,(H2,28,31)/t18-/m1/s1. The molecule has 1 spiro atoms. The summed E-state index contributed by atoms with van der Waals surface area (Å²) in [5, 5.41) is 6.85. The van der Waals surface area contributed by atoms with Crippen molar-refractivity contribution < 1.29 is 18.0 Å². The van der Waals surface area contributed by atoms with Crippen molar-refractivity contribution in [1.29, 1.82) is 0 Å². The largest absolute Gasteiger partial charge is 0.451 e. The van der Waals surface area contributed by atoms with Gasteiger partial charge in [0, 0.05) is 44.1 Å². The Hall–Kier alpha value is -3.81. The number of anilines is 2. The van der Waals surface area contributed by atoms with E-state index in [1.165, 1.54) is 11.1 Å². The van der Waals surface area contributed by atoms with Gasteiger partial charge in [-0.15, -0.1) is 10.2 Å². The molecule has 0 unspecified atom stereocenters. The molecule has 1 fully saturated rings. The Morgan fingerprint density at radius 2 is 1.89 bits per heavy atom. The minimum Gasteiger partial charge on any atom is -0.382 e. The maximum atomic E-state index is 13.1. The van der Waals surface area contributed by atoms with E-state index in [0.717, 1.165) is 35.1 Å². The molecule has 6 rings (SSSR count). The van der Waals surface area contributed by atoms with Gasteiger partial charge in [0.15, 0.2) is 17.3 Å². The lowest BCUT2D eigenvalue weighted by Gasteiger charge is -2.42. The Morgan fingerprint density at radius 3 is 2.59 bits per heavy atom. The first-order valence-electron chi connectivity index (χ1n) is 12.0. The molecule has 3 aromatic heterocycles. The molecule has 0 saturated carbocycles. The topological polar surface area (TPSA) is 145 Å². The summed E-state index contributed by atoms with van der Waals surface area (Å²) >= 11 is 0. The highest BCUT2D eigenvalue weighted by Crippen LogP contribution is 2.50. The first-order valence-corrected chi connectivity index (χ1v) is 12.0. The molecule has 4 N–H and O–H groups in total. The summed E-state index contributed by atoms with van der Waals surface area (Å²) in [4.78, 5) is 29.7. The van der Waals surface area contributed by atoms with Crippen LogP contribution in [0.4, 0.5) is 24.8 Å². The maximum absolute atomic E-state index is 13.1. The number of amides is 1. The smallest absolute Gasteiger partial charge is 0.382 e. The van der Waals surface area contributed by atoms with Gasteiger partial charge < -0.3 is 25.8 Å². The van der Waals surface area contributed by atoms with Crippen molar-refractivity contribution in [2.75, 3.05) is 30.3 Å². The van der Waals surface area contributed by atoms with Gasteiger partial charge in [-0.05, 0) is 36.3 Å². The number of rotatable bonds is 2. The van der Waals surface area contributed by atoms with Crippen LogP contribution >= 0.6 is 0 Å². The summed E-state index contributed by atoms with van der Waals surface area (Å²) < 4.78 is 40.3. The number of carbonyl (C=O) groups is 1. The van der Waals surface area contributed by atoms with Crippen molar-refractivity contribution in [2.24, 2.45) is 11.1 Å². The molecule has 37 heavy (non-hydrogen) atoms. The number of aromatic nitrogens is 6. The molecular formula is C23H25F3N10O. The molecule has 1 atom stereocenters. The van der Waals surface area contributed by atoms with E-state index in [1.807, 2.05) is 6.07 Å². The minimum absolute atomic E-state index is 0.0278. The van der Waals surface area contributed by atoms with E-state index in [2.05, 4.69) is 36.1 Å². The highest BCUT2D eigenvalue weighted by atomic mass is 19.4. The number of carbonyl (C=O) groups excluding carboxylic acids is 1. The molecule has 0 aromatic carbocycles. The lowest BCUT2D eigenvalue weighted by Crippen LogP contribution is -2.44. The van der Waals surface area contributed by atoms with Crippen molar-refractivity contribution in [2.45, 2.75) is 44.6 Å². The molecule has 3 aliphatic rings. The van der Waals surface area contributed by atoms with Gasteiger partial charge in [-0.2, -0.15) is 13.2 Å². The second-order valence-electron chi connectivity index (χ2n) is 9.82. The quantitative estimate of drug-likeness (QED) is 0.520. The molecule has 14 heteroatoms. The van der Waals surface area contributed by atoms with Crippen LogP contribution in [0.5, 0.6) is 0 Å². The lowest BCUT2D eigenvalue weighted by molar-refractivity contribution is -0.147. The van der Waals surface area contributed by atoms with Gasteiger partial charge in [-0.1, -0.05) is 6.07 Å². The van der Waals surface area contributed by atoms with E-state index in [9.17, 15) is 18.0 Å². The summed E-state index contributed by atoms with van der Waals surface area (Å²) in [5.74, 6) is -0.987. The van der Waals surface area contributed by atoms with Gasteiger partial charge in [-0.3, -0.25) is 9.78 Å². The SMILES string of the molecule is Nc1nc(N2CCC3(CC2)Cc2ncccc2[C@H]3N)cnc1C(=O)N1CCn2c(nnc2C(F)(F)F)C1. The molecule has 0 bridgehead atoms. The van der Waals surface area contributed by atoms with Crippen LogP contribution in [0.3, 0.4) is 0 Å². The highest BCUT2D eigenvalue weighted by Gasteiger charge is 2.47. The number of pyridine rings is 1. The van der Waals surface area contributed by atoms with Gasteiger partial charge in [0.2, 0.25) is 5.82 Å². The summed E-state index contributed by atoms with van der Waals surface area (Å²) in [5.41, 5.74) is 14.9. The Balaban J connectivity index is 1.13. The van der Waals surface area contributed by atoms with Crippen LogP contribution in [0.25, 0.3) is 0 Å². The second kappa shape index (κ2) is 8.36. The zero-order valence-corrected chi connectivity index (χ0v) is 19.8. The molecule has 1 saturated heterocycles. The Morgan fingerprint density at radius 1 is 1.11 bits per heavy atom. The molecule has 0 radical (unpaired) electrons. The van der Waals surface area contributed by atoms with Crippen molar-refractivity contribution in [3.8, 4) is 0 Å². The summed E-state index contributed by atoms with van der Waals surface area (Å²) in [6, 6.07) is 3.91. The van der Waals surface area contributed by atoms with Crippen molar-refractivity contribution >= 4 is 17.5 Å². The third-order valence-electron chi connectivity index (χ3n) is 7.81. The third-order valence-corrected chi connectivity index (χ3v) is 7.81. The second-order valence-corrected chi connectivity index (χ2v) is 9.82. The number of alkyl halides is 3. The van der Waals surface area contributed by atoms with Crippen LogP contribution in [-0.4, -0.2) is 60.2 Å². The molecule has 2 aliphatic heterocycles. The van der Waals surface area contributed by atoms with Gasteiger partial charge in [0.1, 0.15) is 5.82 Å². The number of nitrogens with two attached hydrogens (primary N) is 2. The van der Waals surface area contributed by atoms with Gasteiger partial charge in [-0.25, -0.2) is 9.97 Å². The fraction of sp³-hybridized carbons (Fsp3) is 0.478. The zero-order chi connectivity index (χ0) is 25.9. The van der Waals surface area contributed by atoms with Gasteiger partial charge >= 0.3 is 6.18 Å². The Bertz CT molecular complexity index is 1370. The number of nitrogens with zero attached hydrogens (tertiary/aromatic N) is 8. The van der Waals surface area contributed by atoms with E-state index in [0.29, 0.717) is 18.9 Å². The molecule has 5 heterocycles. The van der Waals surface area contributed by atoms with Gasteiger partial charge in [0.05, 0.1) is 12.7 Å². The Kier molecular flexibility index (Phi) is 5.33. The molecule has 11 nitrogen and oxygen atoms in total. The van der Waals surface area contributed by atoms with Crippen LogP contribution in [-0.2, 0) is 25.7 Å². The number of fused-ring (bicyclic) bond motifs is 2. The molecule has 1 aliphatic carbocycles. The number of hydrogen-bond acceptors (Lipinski definition) is 9. The summed E-state index contributed by atoms with van der Waals surface area (Å²) in [7, 11) is 0. The van der Waals surface area contributed by atoms with E-state index < -0.39 is 17.9 Å². The van der Waals surface area contributed by atoms with Crippen LogP contribution in [0.15, 0.2) is 24.5 Å². The summed E-state index contributed by atoms with van der Waals surface area (Å²) in [6.07, 6.45) is 1.28. The van der Waals surface area contributed by atoms with Gasteiger partial charge in [0.25, 0.3) is 5.91 Å². The average molecular weight is 515 g/mol. The normalized spacial score (nSPS) is 20.7. The first-order chi connectivity index (χ1) is 17.7. The molecular weight excluding hydrogens is 489 g/mol. The van der Waals surface area contributed by atoms with Crippen molar-refractivity contribution in [3.63, 3.8) is 0 Å². The monoisotopic (exact) mass is 514 g/mol. The maximum Gasteiger partial charge on any atom is 0.451 e. The van der Waals surface area contributed by atoms with E-state index in [4.69, 9.17) is 11.5 Å². The van der Waals surface area contributed by atoms with E-state index in [1.54, 1.807) is 6.20 Å². The van der Waals surface area contributed by atoms with Crippen LogP contribution in [0.1, 0.15) is 52.3 Å². The molecule has 194 valence electrons. The summed E-state index contributed by atoms with van der Waals surface area (Å²) in [6.45, 7) is 1.27. The first kappa shape index (κ1) is 23.6. The fourth-order valence-electron chi connectivity index (χ4n) is 5.72. The van der Waals surface area contributed by atoms with Crippen molar-refractivity contribution in [3.05, 3.63) is 53.1 Å². The Labute approximate surface area is 209 Å². The highest BCUT2D eigenvalue weighted by molar-refractivity contribution is 5.96.